The van der Waals surface area contributed by atoms with Gasteiger partial charge in [0, 0.05) is 5.56 Å². The Morgan fingerprint density at radius 2 is 1.39 bits per heavy atom. The molecule has 0 aliphatic heterocycles. The molecule has 0 aliphatic carbocycles. The maximum Gasteiger partial charge on any atom is 0.343 e. The standard InChI is InChI=1S/C26H25N3O7/c1-33-20-9-5-18(6-10-20)25(31)27-16-24(30)29-28-15-17-4-13-22(23(14-17)35-3)36-26(32)19-7-11-21(34-2)12-8-19/h4-15H,16H2,1-3H3,(H,27,31)(H,29,30)/b28-15+. The van der Waals surface area contributed by atoms with E-state index < -0.39 is 17.8 Å². The van der Waals surface area contributed by atoms with Crippen LogP contribution in [0.5, 0.6) is 23.0 Å². The Labute approximate surface area is 207 Å². The second-order valence-corrected chi connectivity index (χ2v) is 7.23. The van der Waals surface area contributed by atoms with E-state index in [1.165, 1.54) is 27.5 Å². The van der Waals surface area contributed by atoms with Crippen molar-refractivity contribution in [2.75, 3.05) is 27.9 Å². The fraction of sp³-hybridized carbons (Fsp3) is 0.154. The van der Waals surface area contributed by atoms with Crippen molar-refractivity contribution in [2.24, 2.45) is 5.10 Å². The first-order valence-corrected chi connectivity index (χ1v) is 10.7. The number of hydrazone groups is 1. The summed E-state index contributed by atoms with van der Waals surface area (Å²) in [6.45, 7) is -0.258. The lowest BCUT2D eigenvalue weighted by Crippen LogP contribution is -2.34. The highest BCUT2D eigenvalue weighted by Crippen LogP contribution is 2.28. The quantitative estimate of drug-likeness (QED) is 0.193. The molecule has 0 unspecified atom stereocenters. The van der Waals surface area contributed by atoms with Crippen molar-refractivity contribution in [3.05, 3.63) is 83.4 Å². The molecule has 10 nitrogen and oxygen atoms in total. The molecule has 0 saturated heterocycles. The van der Waals surface area contributed by atoms with Gasteiger partial charge in [-0.1, -0.05) is 0 Å². The minimum absolute atomic E-state index is 0.223. The summed E-state index contributed by atoms with van der Waals surface area (Å²) < 4.78 is 20.9. The number of nitrogens with one attached hydrogen (secondary N) is 2. The lowest BCUT2D eigenvalue weighted by atomic mass is 10.2. The Balaban J connectivity index is 1.52. The van der Waals surface area contributed by atoms with Gasteiger partial charge in [0.05, 0.1) is 39.7 Å². The molecule has 3 aromatic carbocycles. The van der Waals surface area contributed by atoms with Crippen molar-refractivity contribution in [1.82, 2.24) is 10.7 Å². The molecule has 3 rings (SSSR count). The van der Waals surface area contributed by atoms with Crippen molar-refractivity contribution in [3.8, 4) is 23.0 Å². The van der Waals surface area contributed by atoms with Crippen LogP contribution in [0.4, 0.5) is 0 Å². The lowest BCUT2D eigenvalue weighted by molar-refractivity contribution is -0.120. The topological polar surface area (TPSA) is 125 Å². The van der Waals surface area contributed by atoms with Crippen molar-refractivity contribution in [2.45, 2.75) is 0 Å². The third-order valence-electron chi connectivity index (χ3n) is 4.88. The van der Waals surface area contributed by atoms with Gasteiger partial charge < -0.3 is 24.3 Å². The molecule has 0 aromatic heterocycles. The number of methoxy groups -OCH3 is 3. The predicted molar refractivity (Wildman–Crippen MR) is 132 cm³/mol. The summed E-state index contributed by atoms with van der Waals surface area (Å²) in [5.74, 6) is 0.311. The maximum absolute atomic E-state index is 12.4. The SMILES string of the molecule is COc1ccc(C(=O)NCC(=O)N/N=C/c2ccc(OC(=O)c3ccc(OC)cc3)c(OC)c2)cc1. The number of rotatable bonds is 10. The van der Waals surface area contributed by atoms with E-state index in [0.29, 0.717) is 33.9 Å². The van der Waals surface area contributed by atoms with Gasteiger partial charge in [0.2, 0.25) is 0 Å². The molecular weight excluding hydrogens is 466 g/mol. The number of ether oxygens (including phenoxy) is 4. The van der Waals surface area contributed by atoms with E-state index in [4.69, 9.17) is 18.9 Å². The van der Waals surface area contributed by atoms with Gasteiger partial charge in [-0.2, -0.15) is 5.10 Å². The van der Waals surface area contributed by atoms with Crippen LogP contribution in [0.15, 0.2) is 71.8 Å². The largest absolute Gasteiger partial charge is 0.497 e. The number of carbonyl (C=O) groups excluding carboxylic acids is 3. The van der Waals surface area contributed by atoms with E-state index in [2.05, 4.69) is 15.8 Å². The van der Waals surface area contributed by atoms with Gasteiger partial charge >= 0.3 is 5.97 Å². The molecule has 2 N–H and O–H groups in total. The molecule has 2 amide bonds. The van der Waals surface area contributed by atoms with Crippen LogP contribution in [0.2, 0.25) is 0 Å². The number of nitrogens with zero attached hydrogens (tertiary/aromatic N) is 1. The molecule has 3 aromatic rings. The number of carbonyl (C=O) groups is 3. The molecule has 0 radical (unpaired) electrons. The van der Waals surface area contributed by atoms with Crippen molar-refractivity contribution in [3.63, 3.8) is 0 Å². The van der Waals surface area contributed by atoms with Crippen LogP contribution in [0.25, 0.3) is 0 Å². The Bertz CT molecular complexity index is 1240. The first-order valence-electron chi connectivity index (χ1n) is 10.7. The molecule has 36 heavy (non-hydrogen) atoms. The zero-order valence-corrected chi connectivity index (χ0v) is 19.9. The second-order valence-electron chi connectivity index (χ2n) is 7.23. The van der Waals surface area contributed by atoms with Crippen LogP contribution >= 0.6 is 0 Å². The molecule has 0 heterocycles. The summed E-state index contributed by atoms with van der Waals surface area (Å²) in [5, 5.41) is 6.38. The van der Waals surface area contributed by atoms with Gasteiger partial charge in [0.25, 0.3) is 11.8 Å². The molecule has 0 fully saturated rings. The third-order valence-corrected chi connectivity index (χ3v) is 4.88. The molecule has 0 saturated carbocycles. The summed E-state index contributed by atoms with van der Waals surface area (Å²) >= 11 is 0. The second kappa shape index (κ2) is 12.6. The number of benzene rings is 3. The fourth-order valence-corrected chi connectivity index (χ4v) is 2.96. The highest BCUT2D eigenvalue weighted by molar-refractivity contribution is 5.96. The molecule has 186 valence electrons. The molecule has 10 heteroatoms. The van der Waals surface area contributed by atoms with Gasteiger partial charge in [-0.15, -0.1) is 0 Å². The number of amides is 2. The van der Waals surface area contributed by atoms with Gasteiger partial charge in [-0.3, -0.25) is 9.59 Å². The summed E-state index contributed by atoms with van der Waals surface area (Å²) in [7, 11) is 4.51. The average molecular weight is 492 g/mol. The molecule has 0 spiro atoms. The van der Waals surface area contributed by atoms with Crippen LogP contribution in [0.3, 0.4) is 0 Å². The minimum atomic E-state index is -0.554. The van der Waals surface area contributed by atoms with Crippen molar-refractivity contribution >= 4 is 24.0 Å². The monoisotopic (exact) mass is 491 g/mol. The van der Waals surface area contributed by atoms with E-state index in [9.17, 15) is 14.4 Å². The van der Waals surface area contributed by atoms with E-state index in [1.54, 1.807) is 66.7 Å². The normalized spacial score (nSPS) is 10.4. The Kier molecular flexibility index (Phi) is 8.99. The smallest absolute Gasteiger partial charge is 0.343 e. The minimum Gasteiger partial charge on any atom is -0.497 e. The van der Waals surface area contributed by atoms with E-state index >= 15 is 0 Å². The van der Waals surface area contributed by atoms with E-state index in [-0.39, 0.29) is 12.3 Å². The zero-order chi connectivity index (χ0) is 25.9. The highest BCUT2D eigenvalue weighted by atomic mass is 16.6. The average Bonchev–Trinajstić information content (AvgIpc) is 2.92. The van der Waals surface area contributed by atoms with Crippen molar-refractivity contribution < 1.29 is 33.3 Å². The summed E-state index contributed by atoms with van der Waals surface area (Å²) in [6.07, 6.45) is 1.39. The Morgan fingerprint density at radius 3 is 1.97 bits per heavy atom. The van der Waals surface area contributed by atoms with Gasteiger partial charge in [-0.05, 0) is 72.3 Å². The van der Waals surface area contributed by atoms with Crippen LogP contribution < -0.4 is 29.7 Å². The van der Waals surface area contributed by atoms with Gasteiger partial charge in [0.15, 0.2) is 11.5 Å². The molecule has 0 bridgehead atoms. The van der Waals surface area contributed by atoms with E-state index in [0.717, 1.165) is 0 Å². The van der Waals surface area contributed by atoms with Crippen LogP contribution in [0.1, 0.15) is 26.3 Å². The highest BCUT2D eigenvalue weighted by Gasteiger charge is 2.13. The zero-order valence-electron chi connectivity index (χ0n) is 19.9. The predicted octanol–water partition coefficient (Wildman–Crippen LogP) is 2.81. The summed E-state index contributed by atoms with van der Waals surface area (Å²) in [5.41, 5.74) is 3.66. The maximum atomic E-state index is 12.4. The fourth-order valence-electron chi connectivity index (χ4n) is 2.96. The summed E-state index contributed by atoms with van der Waals surface area (Å²) in [6, 6.07) is 17.8. The van der Waals surface area contributed by atoms with E-state index in [1.807, 2.05) is 0 Å². The van der Waals surface area contributed by atoms with Crippen LogP contribution in [-0.4, -0.2) is 51.9 Å². The van der Waals surface area contributed by atoms with Crippen LogP contribution in [-0.2, 0) is 4.79 Å². The van der Waals surface area contributed by atoms with Crippen LogP contribution in [0, 0.1) is 0 Å². The molecular formula is C26H25N3O7. The van der Waals surface area contributed by atoms with Gasteiger partial charge in [-0.25, -0.2) is 10.2 Å². The third kappa shape index (κ3) is 7.07. The summed E-state index contributed by atoms with van der Waals surface area (Å²) in [4.78, 5) is 36.5. The van der Waals surface area contributed by atoms with Crippen molar-refractivity contribution in [1.29, 1.82) is 0 Å². The Hall–Kier alpha value is -4.86. The Morgan fingerprint density at radius 1 is 0.778 bits per heavy atom. The molecule has 0 aliphatic rings. The first-order chi connectivity index (χ1) is 17.4. The number of hydrogen-bond donors (Lipinski definition) is 2. The lowest BCUT2D eigenvalue weighted by Gasteiger charge is -2.10. The van der Waals surface area contributed by atoms with Gasteiger partial charge in [0.1, 0.15) is 11.5 Å². The number of hydrogen-bond acceptors (Lipinski definition) is 8. The number of esters is 1. The molecule has 0 atom stereocenters. The first kappa shape index (κ1) is 25.8.